The lowest BCUT2D eigenvalue weighted by Gasteiger charge is -2.32. The van der Waals surface area contributed by atoms with Crippen LogP contribution in [0.4, 0.5) is 5.69 Å². The van der Waals surface area contributed by atoms with E-state index in [1.165, 1.54) is 4.31 Å². The Balaban J connectivity index is 2.20. The molecule has 2 rings (SSSR count). The molecular formula is C14H23N3O3S. The van der Waals surface area contributed by atoms with E-state index in [0.717, 1.165) is 17.1 Å². The second-order valence-corrected chi connectivity index (χ2v) is 7.29. The third kappa shape index (κ3) is 3.93. The lowest BCUT2D eigenvalue weighted by atomic mass is 10.1. The Morgan fingerprint density at radius 1 is 1.48 bits per heavy atom. The van der Waals surface area contributed by atoms with E-state index in [4.69, 9.17) is 4.74 Å². The minimum atomic E-state index is -3.19. The van der Waals surface area contributed by atoms with Crippen LogP contribution in [0.1, 0.15) is 30.8 Å². The molecule has 1 aromatic heterocycles. The maximum Gasteiger partial charge on any atom is 0.214 e. The second kappa shape index (κ2) is 6.72. The molecule has 1 aliphatic rings. The van der Waals surface area contributed by atoms with E-state index in [1.807, 2.05) is 33.0 Å². The molecule has 118 valence electrons. The topological polar surface area (TPSA) is 71.5 Å². The molecule has 0 amide bonds. The van der Waals surface area contributed by atoms with E-state index < -0.39 is 10.0 Å². The summed E-state index contributed by atoms with van der Waals surface area (Å²) in [5.74, 6) is 0.183. The minimum Gasteiger partial charge on any atom is -0.388 e. The summed E-state index contributed by atoms with van der Waals surface area (Å²) in [7, 11) is -1.34. The number of morpholine rings is 1. The lowest BCUT2D eigenvalue weighted by Crippen LogP contribution is -2.43. The Hall–Kier alpha value is -1.18. The maximum absolute atomic E-state index is 12.2. The quantitative estimate of drug-likeness (QED) is 0.893. The lowest BCUT2D eigenvalue weighted by molar-refractivity contribution is -0.00495. The molecule has 0 aromatic carbocycles. The summed E-state index contributed by atoms with van der Waals surface area (Å²) in [6.45, 7) is 4.94. The fourth-order valence-electron chi connectivity index (χ4n) is 2.45. The standard InChI is InChI=1S/C14H23N3O3S/c1-4-7-21(18,19)17-5-6-20-14(10-17)13-9-12(15-3)8-11(2)16-13/h8-9,14H,4-7,10H2,1-3H3,(H,15,16)/t14-/m0/s1. The van der Waals surface area contributed by atoms with Crippen molar-refractivity contribution in [1.82, 2.24) is 9.29 Å². The van der Waals surface area contributed by atoms with Crippen LogP contribution in [-0.4, -0.2) is 50.2 Å². The fraction of sp³-hybridized carbons (Fsp3) is 0.643. The molecule has 0 aliphatic carbocycles. The van der Waals surface area contributed by atoms with Crippen LogP contribution in [0.3, 0.4) is 0 Å². The molecular weight excluding hydrogens is 290 g/mol. The number of nitrogens with one attached hydrogen (secondary N) is 1. The smallest absolute Gasteiger partial charge is 0.214 e. The third-order valence-electron chi connectivity index (χ3n) is 3.48. The molecule has 0 saturated carbocycles. The number of ether oxygens (including phenoxy) is 1. The molecule has 1 fully saturated rings. The van der Waals surface area contributed by atoms with Crippen molar-refractivity contribution in [2.24, 2.45) is 0 Å². The number of nitrogens with zero attached hydrogens (tertiary/aromatic N) is 2. The largest absolute Gasteiger partial charge is 0.388 e. The number of hydrogen-bond acceptors (Lipinski definition) is 5. The van der Waals surface area contributed by atoms with Gasteiger partial charge in [0.05, 0.1) is 18.1 Å². The van der Waals surface area contributed by atoms with Crippen LogP contribution in [0.2, 0.25) is 0 Å². The van der Waals surface area contributed by atoms with Gasteiger partial charge in [0.1, 0.15) is 6.10 Å². The predicted octanol–water partition coefficient (Wildman–Crippen LogP) is 1.54. The number of sulfonamides is 1. The van der Waals surface area contributed by atoms with E-state index in [9.17, 15) is 8.42 Å². The van der Waals surface area contributed by atoms with Crippen LogP contribution in [0.15, 0.2) is 12.1 Å². The second-order valence-electron chi connectivity index (χ2n) is 5.21. The third-order valence-corrected chi connectivity index (χ3v) is 5.52. The van der Waals surface area contributed by atoms with Crippen LogP contribution in [0.5, 0.6) is 0 Å². The highest BCUT2D eigenvalue weighted by atomic mass is 32.2. The van der Waals surface area contributed by atoms with Gasteiger partial charge in [-0.05, 0) is 25.5 Å². The SMILES string of the molecule is CCCS(=O)(=O)N1CCO[C@H](c2cc(NC)cc(C)n2)C1. The van der Waals surface area contributed by atoms with Crippen molar-refractivity contribution in [2.75, 3.05) is 37.8 Å². The minimum absolute atomic E-state index is 0.183. The first kappa shape index (κ1) is 16.2. The van der Waals surface area contributed by atoms with Gasteiger partial charge in [-0.25, -0.2) is 8.42 Å². The molecule has 7 heteroatoms. The van der Waals surface area contributed by atoms with E-state index in [1.54, 1.807) is 0 Å². The molecule has 0 unspecified atom stereocenters. The van der Waals surface area contributed by atoms with Gasteiger partial charge < -0.3 is 10.1 Å². The molecule has 1 saturated heterocycles. The Morgan fingerprint density at radius 3 is 2.90 bits per heavy atom. The first-order valence-electron chi connectivity index (χ1n) is 7.22. The van der Waals surface area contributed by atoms with Gasteiger partial charge in [0.2, 0.25) is 10.0 Å². The van der Waals surface area contributed by atoms with E-state index in [0.29, 0.717) is 26.1 Å². The zero-order valence-corrected chi connectivity index (χ0v) is 13.6. The first-order chi connectivity index (χ1) is 9.96. The van der Waals surface area contributed by atoms with E-state index in [-0.39, 0.29) is 11.9 Å². The zero-order chi connectivity index (χ0) is 15.5. The predicted molar refractivity (Wildman–Crippen MR) is 82.9 cm³/mol. The number of aromatic nitrogens is 1. The van der Waals surface area contributed by atoms with Crippen molar-refractivity contribution in [3.05, 3.63) is 23.5 Å². The Morgan fingerprint density at radius 2 is 2.24 bits per heavy atom. The maximum atomic E-state index is 12.2. The monoisotopic (exact) mass is 313 g/mol. The highest BCUT2D eigenvalue weighted by Crippen LogP contribution is 2.25. The first-order valence-corrected chi connectivity index (χ1v) is 8.83. The molecule has 21 heavy (non-hydrogen) atoms. The summed E-state index contributed by atoms with van der Waals surface area (Å²) in [6.07, 6.45) is 0.314. The molecule has 0 spiro atoms. The molecule has 1 aliphatic heterocycles. The van der Waals surface area contributed by atoms with Crippen molar-refractivity contribution in [2.45, 2.75) is 26.4 Å². The zero-order valence-electron chi connectivity index (χ0n) is 12.8. The van der Waals surface area contributed by atoms with Gasteiger partial charge in [-0.2, -0.15) is 4.31 Å². The van der Waals surface area contributed by atoms with Gasteiger partial charge in [0.15, 0.2) is 0 Å². The number of anilines is 1. The fourth-order valence-corrected chi connectivity index (χ4v) is 3.94. The van der Waals surface area contributed by atoms with Gasteiger partial charge >= 0.3 is 0 Å². The molecule has 0 bridgehead atoms. The van der Waals surface area contributed by atoms with Crippen molar-refractivity contribution < 1.29 is 13.2 Å². The molecule has 1 aromatic rings. The van der Waals surface area contributed by atoms with Crippen LogP contribution in [0.25, 0.3) is 0 Å². The van der Waals surface area contributed by atoms with Crippen LogP contribution in [0, 0.1) is 6.92 Å². The summed E-state index contributed by atoms with van der Waals surface area (Å²) in [4.78, 5) is 4.48. The number of aryl methyl sites for hydroxylation is 1. The van der Waals surface area contributed by atoms with Crippen LogP contribution in [-0.2, 0) is 14.8 Å². The summed E-state index contributed by atoms with van der Waals surface area (Å²) < 4.78 is 31.6. The van der Waals surface area contributed by atoms with Crippen molar-refractivity contribution >= 4 is 15.7 Å². The van der Waals surface area contributed by atoms with Gasteiger partial charge in [-0.15, -0.1) is 0 Å². The molecule has 1 atom stereocenters. The van der Waals surface area contributed by atoms with E-state index >= 15 is 0 Å². The molecule has 2 heterocycles. The molecule has 1 N–H and O–H groups in total. The van der Waals surface area contributed by atoms with Gasteiger partial charge in [-0.3, -0.25) is 4.98 Å². The number of rotatable bonds is 5. The van der Waals surface area contributed by atoms with Crippen LogP contribution >= 0.6 is 0 Å². The normalized spacial score (nSPS) is 20.4. The van der Waals surface area contributed by atoms with Crippen molar-refractivity contribution in [3.8, 4) is 0 Å². The summed E-state index contributed by atoms with van der Waals surface area (Å²) in [6, 6.07) is 3.85. The van der Waals surface area contributed by atoms with Gasteiger partial charge in [-0.1, -0.05) is 6.92 Å². The van der Waals surface area contributed by atoms with Gasteiger partial charge in [0.25, 0.3) is 0 Å². The van der Waals surface area contributed by atoms with Crippen LogP contribution < -0.4 is 5.32 Å². The average molecular weight is 313 g/mol. The van der Waals surface area contributed by atoms with Crippen molar-refractivity contribution in [3.63, 3.8) is 0 Å². The highest BCUT2D eigenvalue weighted by Gasteiger charge is 2.30. The number of pyridine rings is 1. The summed E-state index contributed by atoms with van der Waals surface area (Å²) in [5.41, 5.74) is 2.61. The Bertz CT molecular complexity index is 589. The number of hydrogen-bond donors (Lipinski definition) is 1. The molecule has 6 nitrogen and oxygen atoms in total. The van der Waals surface area contributed by atoms with E-state index in [2.05, 4.69) is 10.3 Å². The highest BCUT2D eigenvalue weighted by molar-refractivity contribution is 7.89. The van der Waals surface area contributed by atoms with Gasteiger partial charge in [0, 0.05) is 31.5 Å². The Kier molecular flexibility index (Phi) is 5.18. The summed E-state index contributed by atoms with van der Waals surface area (Å²) >= 11 is 0. The molecule has 0 radical (unpaired) electrons. The summed E-state index contributed by atoms with van der Waals surface area (Å²) in [5, 5.41) is 3.08. The average Bonchev–Trinajstić information content (AvgIpc) is 2.46. The Labute approximate surface area is 126 Å². The van der Waals surface area contributed by atoms with Crippen molar-refractivity contribution in [1.29, 1.82) is 0 Å².